The first kappa shape index (κ1) is 10.5. The van der Waals surface area contributed by atoms with Gasteiger partial charge < -0.3 is 0 Å². The quantitative estimate of drug-likeness (QED) is 0.733. The van der Waals surface area contributed by atoms with Crippen molar-refractivity contribution in [3.8, 4) is 0 Å². The van der Waals surface area contributed by atoms with E-state index in [2.05, 4.69) is 0 Å². The van der Waals surface area contributed by atoms with Crippen LogP contribution in [0.2, 0.25) is 0 Å². The fourth-order valence-electron chi connectivity index (χ4n) is 0.932. The van der Waals surface area contributed by atoms with Crippen LogP contribution in [-0.2, 0) is 15.5 Å². The number of benzene rings is 1. The normalized spacial score (nSPS) is 11.5. The van der Waals surface area contributed by atoms with Crippen LogP contribution in [0, 0.1) is 5.82 Å². The molecule has 13 heavy (non-hydrogen) atoms. The Bertz CT molecular complexity index is 389. The molecule has 0 N–H and O–H groups in total. The van der Waals surface area contributed by atoms with Crippen LogP contribution in [0.4, 0.5) is 4.39 Å². The molecule has 0 spiro atoms. The van der Waals surface area contributed by atoms with E-state index >= 15 is 0 Å². The average molecular weight is 223 g/mol. The summed E-state index contributed by atoms with van der Waals surface area (Å²) in [7, 11) is 1.52. The molecule has 0 saturated carbocycles. The first-order valence-corrected chi connectivity index (χ1v) is 6.12. The lowest BCUT2D eigenvalue weighted by Crippen LogP contribution is -2.01. The highest BCUT2D eigenvalue weighted by Gasteiger charge is 2.05. The average Bonchev–Trinajstić information content (AvgIpc) is 2.00. The highest BCUT2D eigenvalue weighted by Crippen LogP contribution is 2.07. The summed E-state index contributed by atoms with van der Waals surface area (Å²) in [6, 6.07) is 5.79. The largest absolute Gasteiger partial charge is 0.232 e. The van der Waals surface area contributed by atoms with E-state index in [-0.39, 0.29) is 18.0 Å². The van der Waals surface area contributed by atoms with E-state index in [1.54, 1.807) is 6.07 Å². The summed E-state index contributed by atoms with van der Waals surface area (Å²) in [6.07, 6.45) is 0.240. The molecule has 0 aliphatic rings. The summed E-state index contributed by atoms with van der Waals surface area (Å²) >= 11 is 0. The zero-order valence-corrected chi connectivity index (χ0v) is 8.28. The number of hydrogen-bond acceptors (Lipinski definition) is 2. The Morgan fingerprint density at radius 2 is 2.08 bits per heavy atom. The molecular weight excluding hydrogens is 215 g/mol. The number of halogens is 2. The monoisotopic (exact) mass is 222 g/mol. The smallest absolute Gasteiger partial charge is 0.212 e. The standard InChI is InChI=1S/C8H8ClFO2S/c9-13(11,12)5-4-7-2-1-3-8(10)6-7/h1-3,6H,4-5H2. The number of rotatable bonds is 3. The van der Waals surface area contributed by atoms with Crippen molar-refractivity contribution in [3.63, 3.8) is 0 Å². The van der Waals surface area contributed by atoms with Crippen LogP contribution < -0.4 is 0 Å². The van der Waals surface area contributed by atoms with Gasteiger partial charge in [0.2, 0.25) is 9.05 Å². The van der Waals surface area contributed by atoms with Crippen LogP contribution in [0.1, 0.15) is 5.56 Å². The van der Waals surface area contributed by atoms with Crippen LogP contribution >= 0.6 is 10.7 Å². The van der Waals surface area contributed by atoms with Gasteiger partial charge in [-0.3, -0.25) is 0 Å². The molecule has 5 heteroatoms. The fourth-order valence-corrected chi connectivity index (χ4v) is 1.64. The SMILES string of the molecule is O=S(=O)(Cl)CCc1cccc(F)c1. The highest BCUT2D eigenvalue weighted by atomic mass is 35.7. The molecule has 2 nitrogen and oxygen atoms in total. The third-order valence-electron chi connectivity index (χ3n) is 1.52. The maximum atomic E-state index is 12.6. The molecule has 0 aliphatic heterocycles. The van der Waals surface area contributed by atoms with Gasteiger partial charge in [-0.2, -0.15) is 0 Å². The van der Waals surface area contributed by atoms with Gasteiger partial charge in [0.05, 0.1) is 5.75 Å². The molecule has 0 saturated heterocycles. The molecule has 0 unspecified atom stereocenters. The van der Waals surface area contributed by atoms with Gasteiger partial charge in [0, 0.05) is 10.7 Å². The fraction of sp³-hybridized carbons (Fsp3) is 0.250. The van der Waals surface area contributed by atoms with E-state index in [1.807, 2.05) is 0 Å². The minimum atomic E-state index is -3.49. The van der Waals surface area contributed by atoms with E-state index in [0.717, 1.165) is 0 Å². The zero-order valence-electron chi connectivity index (χ0n) is 6.70. The Morgan fingerprint density at radius 3 is 2.62 bits per heavy atom. The molecule has 0 atom stereocenters. The third-order valence-corrected chi connectivity index (χ3v) is 2.68. The second-order valence-corrected chi connectivity index (χ2v) is 5.52. The van der Waals surface area contributed by atoms with E-state index in [1.165, 1.54) is 18.2 Å². The van der Waals surface area contributed by atoms with Crippen LogP contribution in [0.3, 0.4) is 0 Å². The topological polar surface area (TPSA) is 34.1 Å². The second-order valence-electron chi connectivity index (χ2n) is 2.62. The van der Waals surface area contributed by atoms with Crippen LogP contribution in [0.5, 0.6) is 0 Å². The van der Waals surface area contributed by atoms with Gasteiger partial charge in [-0.15, -0.1) is 0 Å². The first-order valence-electron chi connectivity index (χ1n) is 3.64. The van der Waals surface area contributed by atoms with Crippen molar-refractivity contribution >= 4 is 19.7 Å². The minimum Gasteiger partial charge on any atom is -0.212 e. The first-order chi connectivity index (χ1) is 5.97. The summed E-state index contributed by atoms with van der Waals surface area (Å²) < 4.78 is 33.7. The molecule has 0 heterocycles. The number of hydrogen-bond donors (Lipinski definition) is 0. The lowest BCUT2D eigenvalue weighted by atomic mass is 10.2. The van der Waals surface area contributed by atoms with Crippen molar-refractivity contribution in [2.45, 2.75) is 6.42 Å². The lowest BCUT2D eigenvalue weighted by Gasteiger charge is -1.98. The molecule has 0 bridgehead atoms. The lowest BCUT2D eigenvalue weighted by molar-refractivity contribution is 0.607. The van der Waals surface area contributed by atoms with Gasteiger partial charge in [-0.1, -0.05) is 12.1 Å². The summed E-state index contributed by atoms with van der Waals surface area (Å²) in [5, 5.41) is 0. The predicted molar refractivity (Wildman–Crippen MR) is 49.7 cm³/mol. The number of aryl methyl sites for hydroxylation is 1. The van der Waals surface area contributed by atoms with Gasteiger partial charge >= 0.3 is 0 Å². The summed E-state index contributed by atoms with van der Waals surface area (Å²) in [5.74, 6) is -0.540. The Kier molecular flexibility index (Phi) is 3.27. The third kappa shape index (κ3) is 4.24. The van der Waals surface area contributed by atoms with Gasteiger partial charge in [0.1, 0.15) is 5.82 Å². The molecule has 0 fully saturated rings. The van der Waals surface area contributed by atoms with Gasteiger partial charge in [0.15, 0.2) is 0 Å². The Balaban J connectivity index is 2.65. The molecule has 0 radical (unpaired) electrons. The molecular formula is C8H8ClFO2S. The Hall–Kier alpha value is -0.610. The van der Waals surface area contributed by atoms with Crippen molar-refractivity contribution in [2.24, 2.45) is 0 Å². The molecule has 0 aromatic heterocycles. The van der Waals surface area contributed by atoms with E-state index < -0.39 is 9.05 Å². The van der Waals surface area contributed by atoms with Crippen molar-refractivity contribution in [1.29, 1.82) is 0 Å². The summed E-state index contributed by atoms with van der Waals surface area (Å²) in [5.41, 5.74) is 0.629. The molecule has 1 aromatic carbocycles. The van der Waals surface area contributed by atoms with E-state index in [9.17, 15) is 12.8 Å². The van der Waals surface area contributed by atoms with Crippen LogP contribution in [-0.4, -0.2) is 14.2 Å². The van der Waals surface area contributed by atoms with Crippen LogP contribution in [0.15, 0.2) is 24.3 Å². The van der Waals surface area contributed by atoms with Gasteiger partial charge in [0.25, 0.3) is 0 Å². The Labute approximate surface area is 80.8 Å². The van der Waals surface area contributed by atoms with Gasteiger partial charge in [-0.25, -0.2) is 12.8 Å². The summed E-state index contributed by atoms with van der Waals surface area (Å²) in [6.45, 7) is 0. The van der Waals surface area contributed by atoms with Crippen molar-refractivity contribution in [2.75, 3.05) is 5.75 Å². The van der Waals surface area contributed by atoms with E-state index in [0.29, 0.717) is 5.56 Å². The highest BCUT2D eigenvalue weighted by molar-refractivity contribution is 8.13. The molecule has 72 valence electrons. The second kappa shape index (κ2) is 4.07. The molecule has 1 rings (SSSR count). The maximum Gasteiger partial charge on any atom is 0.232 e. The molecule has 1 aromatic rings. The van der Waals surface area contributed by atoms with Crippen LogP contribution in [0.25, 0.3) is 0 Å². The Morgan fingerprint density at radius 1 is 1.38 bits per heavy atom. The molecule has 0 amide bonds. The summed E-state index contributed by atoms with van der Waals surface area (Å²) in [4.78, 5) is 0. The zero-order chi connectivity index (χ0) is 9.90. The molecule has 0 aliphatic carbocycles. The van der Waals surface area contributed by atoms with Crippen molar-refractivity contribution in [1.82, 2.24) is 0 Å². The van der Waals surface area contributed by atoms with Crippen molar-refractivity contribution in [3.05, 3.63) is 35.6 Å². The minimum absolute atomic E-state index is 0.169. The maximum absolute atomic E-state index is 12.6. The predicted octanol–water partition coefficient (Wildman–Crippen LogP) is 1.94. The van der Waals surface area contributed by atoms with Gasteiger partial charge in [-0.05, 0) is 24.1 Å². The van der Waals surface area contributed by atoms with Crippen molar-refractivity contribution < 1.29 is 12.8 Å². The van der Waals surface area contributed by atoms with E-state index in [4.69, 9.17) is 10.7 Å².